The van der Waals surface area contributed by atoms with E-state index in [0.29, 0.717) is 6.61 Å². The highest BCUT2D eigenvalue weighted by Crippen LogP contribution is 2.39. The van der Waals surface area contributed by atoms with Gasteiger partial charge in [0, 0.05) is 24.7 Å². The van der Waals surface area contributed by atoms with Crippen LogP contribution in [0.15, 0.2) is 91.0 Å². The molecule has 0 aliphatic carbocycles. The Kier molecular flexibility index (Phi) is 11.8. The molecule has 46 heavy (non-hydrogen) atoms. The molecule has 0 amide bonds. The van der Waals surface area contributed by atoms with Crippen LogP contribution in [0.2, 0.25) is 5.04 Å². The number of carbonyl (C=O) groups excluding carboxylic acids is 2. The van der Waals surface area contributed by atoms with Crippen LogP contribution in [0.4, 0.5) is 0 Å². The maximum Gasteiger partial charge on any atom is 0.308 e. The first-order valence-electron chi connectivity index (χ1n) is 16.1. The van der Waals surface area contributed by atoms with Crippen LogP contribution >= 0.6 is 0 Å². The number of aliphatic hydroxyl groups is 1. The monoisotopic (exact) mass is 646 g/mol. The van der Waals surface area contributed by atoms with E-state index in [0.717, 1.165) is 15.9 Å². The SMILES string of the molecule is COC(=O)CC1(O)C[C@@H](CC(=O)C(C)(C)COCc2ccccc2)O[C@@H](CO[Si](c2ccccc2)(c2ccccc2)C(C)(C)C)C1. The third kappa shape index (κ3) is 8.80. The minimum absolute atomic E-state index is 0.0282. The smallest absolute Gasteiger partial charge is 0.308 e. The molecule has 3 atom stereocenters. The molecular weight excluding hydrogens is 596 g/mol. The van der Waals surface area contributed by atoms with Crippen LogP contribution in [0.1, 0.15) is 65.9 Å². The van der Waals surface area contributed by atoms with Gasteiger partial charge in [-0.05, 0) is 21.0 Å². The number of methoxy groups -OCH3 is 1. The molecule has 1 aliphatic heterocycles. The molecule has 0 spiro atoms. The zero-order valence-electron chi connectivity index (χ0n) is 28.2. The fraction of sp³-hybridized carbons (Fsp3) is 0.474. The number of esters is 1. The van der Waals surface area contributed by atoms with Crippen LogP contribution in [0.5, 0.6) is 0 Å². The summed E-state index contributed by atoms with van der Waals surface area (Å²) in [5.41, 5.74) is -1.13. The van der Waals surface area contributed by atoms with Crippen molar-refractivity contribution >= 4 is 30.4 Å². The van der Waals surface area contributed by atoms with E-state index in [1.807, 2.05) is 80.6 Å². The van der Waals surface area contributed by atoms with E-state index in [1.54, 1.807) is 0 Å². The highest BCUT2D eigenvalue weighted by atomic mass is 28.4. The van der Waals surface area contributed by atoms with Gasteiger partial charge in [0.1, 0.15) is 5.78 Å². The van der Waals surface area contributed by atoms with Gasteiger partial charge in [-0.3, -0.25) is 9.59 Å². The summed E-state index contributed by atoms with van der Waals surface area (Å²) in [6, 6.07) is 30.5. The maximum atomic E-state index is 13.6. The lowest BCUT2D eigenvalue weighted by atomic mass is 9.80. The Morgan fingerprint density at radius 2 is 1.37 bits per heavy atom. The molecule has 1 N–H and O–H groups in total. The van der Waals surface area contributed by atoms with Gasteiger partial charge in [-0.15, -0.1) is 0 Å². The molecule has 3 aromatic carbocycles. The zero-order valence-corrected chi connectivity index (χ0v) is 29.2. The van der Waals surface area contributed by atoms with E-state index in [4.69, 9.17) is 18.6 Å². The molecule has 7 nitrogen and oxygen atoms in total. The Morgan fingerprint density at radius 3 is 1.89 bits per heavy atom. The van der Waals surface area contributed by atoms with E-state index < -0.39 is 37.5 Å². The van der Waals surface area contributed by atoms with Crippen LogP contribution in [0.3, 0.4) is 0 Å². The number of Topliss-reactive ketones (excluding diaryl/α,β-unsaturated/α-hetero) is 1. The topological polar surface area (TPSA) is 91.3 Å². The molecule has 8 heteroatoms. The standard InChI is InChI=1S/C38H50O7Si/c1-36(2,3)46(32-18-12-8-13-19-32,33-20-14-9-15-21-33)44-27-31-24-38(41,25-35(40)42-6)23-30(45-31)22-34(39)37(4,5)28-43-26-29-16-10-7-11-17-29/h7-21,30-31,41H,22-28H2,1-6H3/t30-,31-,38?/m1/s1. The zero-order chi connectivity index (χ0) is 33.4. The average Bonchev–Trinajstić information content (AvgIpc) is 3.01. The molecule has 1 saturated heterocycles. The van der Waals surface area contributed by atoms with Crippen molar-refractivity contribution in [2.75, 3.05) is 20.3 Å². The molecule has 1 unspecified atom stereocenters. The lowest BCUT2D eigenvalue weighted by Crippen LogP contribution is -2.67. The third-order valence-electron chi connectivity index (χ3n) is 8.95. The number of rotatable bonds is 14. The molecule has 1 heterocycles. The molecule has 1 fully saturated rings. The Morgan fingerprint density at radius 1 is 0.848 bits per heavy atom. The highest BCUT2D eigenvalue weighted by Gasteiger charge is 2.51. The van der Waals surface area contributed by atoms with Crippen molar-refractivity contribution in [1.82, 2.24) is 0 Å². The minimum Gasteiger partial charge on any atom is -0.469 e. The molecule has 0 radical (unpaired) electrons. The summed E-state index contributed by atoms with van der Waals surface area (Å²) in [5.74, 6) is -0.532. The number of ketones is 1. The van der Waals surface area contributed by atoms with E-state index in [9.17, 15) is 14.7 Å². The van der Waals surface area contributed by atoms with Crippen molar-refractivity contribution in [3.63, 3.8) is 0 Å². The second-order valence-electron chi connectivity index (χ2n) is 14.2. The van der Waals surface area contributed by atoms with Gasteiger partial charge in [0.15, 0.2) is 0 Å². The lowest BCUT2D eigenvalue weighted by molar-refractivity contribution is -0.173. The largest absolute Gasteiger partial charge is 0.469 e. The van der Waals surface area contributed by atoms with E-state index >= 15 is 0 Å². The lowest BCUT2D eigenvalue weighted by Gasteiger charge is -2.46. The Bertz CT molecular complexity index is 1370. The molecule has 248 valence electrons. The van der Waals surface area contributed by atoms with Gasteiger partial charge in [-0.25, -0.2) is 0 Å². The maximum absolute atomic E-state index is 13.6. The van der Waals surface area contributed by atoms with Gasteiger partial charge in [0.05, 0.1) is 51.2 Å². The van der Waals surface area contributed by atoms with Gasteiger partial charge < -0.3 is 23.7 Å². The first-order valence-corrected chi connectivity index (χ1v) is 18.0. The van der Waals surface area contributed by atoms with Gasteiger partial charge >= 0.3 is 5.97 Å². The van der Waals surface area contributed by atoms with Crippen LogP contribution in [0.25, 0.3) is 0 Å². The fourth-order valence-corrected chi connectivity index (χ4v) is 11.1. The van der Waals surface area contributed by atoms with Crippen LogP contribution in [-0.2, 0) is 34.8 Å². The van der Waals surface area contributed by atoms with Gasteiger partial charge in [-0.1, -0.05) is 126 Å². The molecule has 0 aromatic heterocycles. The van der Waals surface area contributed by atoms with Crippen LogP contribution in [0, 0.1) is 5.41 Å². The Hall–Kier alpha value is -3.14. The normalized spacial score (nSPS) is 20.7. The Labute approximate surface area is 275 Å². The second-order valence-corrected chi connectivity index (χ2v) is 18.5. The Balaban J connectivity index is 1.55. The van der Waals surface area contributed by atoms with Crippen molar-refractivity contribution in [2.24, 2.45) is 5.41 Å². The number of ether oxygens (including phenoxy) is 3. The van der Waals surface area contributed by atoms with Crippen LogP contribution in [-0.4, -0.2) is 63.3 Å². The number of hydrogen-bond acceptors (Lipinski definition) is 7. The summed E-state index contributed by atoms with van der Waals surface area (Å²) in [5, 5.41) is 13.8. The van der Waals surface area contributed by atoms with Crippen molar-refractivity contribution in [2.45, 2.75) is 89.8 Å². The fourth-order valence-electron chi connectivity index (χ4n) is 6.54. The van der Waals surface area contributed by atoms with Crippen molar-refractivity contribution < 1.29 is 33.3 Å². The van der Waals surface area contributed by atoms with E-state index in [2.05, 4.69) is 45.0 Å². The van der Waals surface area contributed by atoms with Crippen molar-refractivity contribution in [3.05, 3.63) is 96.6 Å². The van der Waals surface area contributed by atoms with Gasteiger partial charge in [-0.2, -0.15) is 0 Å². The summed E-state index contributed by atoms with van der Waals surface area (Å²) in [6.45, 7) is 11.2. The third-order valence-corrected chi connectivity index (χ3v) is 14.0. The van der Waals surface area contributed by atoms with Crippen LogP contribution < -0.4 is 10.4 Å². The van der Waals surface area contributed by atoms with Crippen molar-refractivity contribution in [1.29, 1.82) is 0 Å². The molecule has 0 bridgehead atoms. The predicted octanol–water partition coefficient (Wildman–Crippen LogP) is 5.61. The molecule has 0 saturated carbocycles. The summed E-state index contributed by atoms with van der Waals surface area (Å²) in [6.07, 6.45) is -0.908. The minimum atomic E-state index is -2.88. The predicted molar refractivity (Wildman–Crippen MR) is 183 cm³/mol. The van der Waals surface area contributed by atoms with E-state index in [1.165, 1.54) is 7.11 Å². The first kappa shape index (κ1) is 35.7. The van der Waals surface area contributed by atoms with Crippen molar-refractivity contribution in [3.8, 4) is 0 Å². The quantitative estimate of drug-likeness (QED) is 0.180. The summed E-state index contributed by atoms with van der Waals surface area (Å²) in [7, 11) is -1.57. The first-order chi connectivity index (χ1) is 21.8. The number of carbonyl (C=O) groups is 2. The molecular formula is C38H50O7Si. The molecule has 1 aliphatic rings. The summed E-state index contributed by atoms with van der Waals surface area (Å²) >= 11 is 0. The molecule has 4 rings (SSSR count). The van der Waals surface area contributed by atoms with Gasteiger partial charge in [0.2, 0.25) is 0 Å². The second kappa shape index (κ2) is 15.2. The van der Waals surface area contributed by atoms with E-state index in [-0.39, 0.29) is 49.7 Å². The number of hydrogen-bond donors (Lipinski definition) is 1. The summed E-state index contributed by atoms with van der Waals surface area (Å²) < 4.78 is 24.5. The summed E-state index contributed by atoms with van der Waals surface area (Å²) in [4.78, 5) is 26.0. The number of benzene rings is 3. The molecule has 3 aromatic rings. The average molecular weight is 647 g/mol. The van der Waals surface area contributed by atoms with Gasteiger partial charge in [0.25, 0.3) is 8.32 Å². The highest BCUT2D eigenvalue weighted by molar-refractivity contribution is 6.99.